The molecule has 7 unspecified atom stereocenters. The number of amides is 4. The lowest BCUT2D eigenvalue weighted by Gasteiger charge is -2.39. The molecule has 1 heterocycles. The molecule has 1 aromatic rings. The molecule has 2 rings (SSSR count). The van der Waals surface area contributed by atoms with Crippen molar-refractivity contribution in [3.8, 4) is 0 Å². The Labute approximate surface area is 250 Å². The van der Waals surface area contributed by atoms with Crippen molar-refractivity contribution < 1.29 is 33.8 Å². The van der Waals surface area contributed by atoms with Crippen molar-refractivity contribution in [1.29, 1.82) is 0 Å². The van der Waals surface area contributed by atoms with Crippen molar-refractivity contribution in [3.05, 3.63) is 35.9 Å². The van der Waals surface area contributed by atoms with Crippen LogP contribution in [0.3, 0.4) is 0 Å². The summed E-state index contributed by atoms with van der Waals surface area (Å²) in [7, 11) is 4.74. The Kier molecular flexibility index (Phi) is 14.4. The van der Waals surface area contributed by atoms with Gasteiger partial charge in [-0.3, -0.25) is 19.2 Å². The number of carbonyl (C=O) groups excluding carboxylic acids is 4. The lowest BCUT2D eigenvalue weighted by atomic mass is 9.90. The van der Waals surface area contributed by atoms with Gasteiger partial charge < -0.3 is 35.0 Å². The molecule has 4 amide bonds. The second-order valence-corrected chi connectivity index (χ2v) is 11.3. The number of aliphatic hydroxyl groups excluding tert-OH is 1. The molecule has 236 valence electrons. The van der Waals surface area contributed by atoms with E-state index in [9.17, 15) is 24.3 Å². The summed E-state index contributed by atoms with van der Waals surface area (Å²) < 4.78 is 11.6. The first kappa shape index (κ1) is 35.2. The van der Waals surface area contributed by atoms with E-state index in [0.717, 1.165) is 12.8 Å². The highest BCUT2D eigenvalue weighted by Crippen LogP contribution is 2.29. The number of likely N-dealkylation sites (tertiary alicyclic amines) is 1. The van der Waals surface area contributed by atoms with E-state index < -0.39 is 30.3 Å². The first-order valence-corrected chi connectivity index (χ1v) is 14.8. The van der Waals surface area contributed by atoms with Crippen molar-refractivity contribution >= 4 is 24.1 Å². The maximum Gasteiger partial charge on any atom is 0.242 e. The first-order chi connectivity index (χ1) is 20.0. The Hall–Kier alpha value is -3.02. The average Bonchev–Trinajstić information content (AvgIpc) is 3.49. The standard InChI is InChI=1S/C31H50N4O7/c1-8-20(2)28(34(5)27(38)18-32-19-36)25(41-6)17-26(37)35-16-12-15-24(35)30(42-7)21(3)31(40)33-22(4)29(39)23-13-10-9-11-14-23/h9-11,13-14,19-22,24-25,28-30,39H,8,12,15-18H2,1-7H3,(H,32,36)(H,33,40)/t20?,21?,22?,24-,25?,28?,29?,30?/m0/s1. The maximum atomic E-state index is 13.7. The van der Waals surface area contributed by atoms with Gasteiger partial charge in [0.1, 0.15) is 0 Å². The molecule has 0 saturated carbocycles. The highest BCUT2D eigenvalue weighted by molar-refractivity contribution is 5.81. The molecule has 0 radical (unpaired) electrons. The van der Waals surface area contributed by atoms with Crippen LogP contribution in [0.25, 0.3) is 0 Å². The number of rotatable bonds is 17. The fourth-order valence-corrected chi connectivity index (χ4v) is 5.95. The van der Waals surface area contributed by atoms with E-state index in [1.807, 2.05) is 44.2 Å². The molecule has 1 fully saturated rings. The molecule has 11 heteroatoms. The van der Waals surface area contributed by atoms with Crippen LogP contribution in [0.2, 0.25) is 0 Å². The number of ether oxygens (including phenoxy) is 2. The van der Waals surface area contributed by atoms with Gasteiger partial charge in [-0.2, -0.15) is 0 Å². The topological polar surface area (TPSA) is 138 Å². The molecule has 3 N–H and O–H groups in total. The highest BCUT2D eigenvalue weighted by Gasteiger charge is 2.42. The predicted octanol–water partition coefficient (Wildman–Crippen LogP) is 1.89. The molecule has 0 aromatic heterocycles. The molecule has 8 atom stereocenters. The Bertz CT molecular complexity index is 1010. The summed E-state index contributed by atoms with van der Waals surface area (Å²) in [4.78, 5) is 53.8. The van der Waals surface area contributed by atoms with Crippen LogP contribution in [0.4, 0.5) is 0 Å². The van der Waals surface area contributed by atoms with E-state index in [-0.39, 0.29) is 48.7 Å². The second kappa shape index (κ2) is 17.2. The molecule has 0 spiro atoms. The summed E-state index contributed by atoms with van der Waals surface area (Å²) in [5, 5.41) is 16.0. The van der Waals surface area contributed by atoms with Crippen LogP contribution in [0.5, 0.6) is 0 Å². The Morgan fingerprint density at radius 2 is 1.81 bits per heavy atom. The normalized spacial score (nSPS) is 20.0. The lowest BCUT2D eigenvalue weighted by Crippen LogP contribution is -2.54. The fourth-order valence-electron chi connectivity index (χ4n) is 5.95. The number of nitrogens with zero attached hydrogens (tertiary/aromatic N) is 2. The summed E-state index contributed by atoms with van der Waals surface area (Å²) >= 11 is 0. The summed E-state index contributed by atoms with van der Waals surface area (Å²) in [5.74, 6) is -1.22. The van der Waals surface area contributed by atoms with Gasteiger partial charge in [-0.1, -0.05) is 57.5 Å². The van der Waals surface area contributed by atoms with Gasteiger partial charge in [0, 0.05) is 27.8 Å². The molecule has 0 bridgehead atoms. The predicted molar refractivity (Wildman–Crippen MR) is 159 cm³/mol. The summed E-state index contributed by atoms with van der Waals surface area (Å²) in [6.07, 6.45) is 0.772. The van der Waals surface area contributed by atoms with Gasteiger partial charge >= 0.3 is 0 Å². The number of methoxy groups -OCH3 is 2. The minimum Gasteiger partial charge on any atom is -0.386 e. The van der Waals surface area contributed by atoms with Crippen LogP contribution in [0.15, 0.2) is 30.3 Å². The van der Waals surface area contributed by atoms with E-state index in [1.54, 1.807) is 37.8 Å². The minimum atomic E-state index is -0.864. The number of hydrogen-bond donors (Lipinski definition) is 3. The number of aliphatic hydroxyl groups is 1. The molecular weight excluding hydrogens is 540 g/mol. The van der Waals surface area contributed by atoms with Gasteiger partial charge in [0.2, 0.25) is 24.1 Å². The van der Waals surface area contributed by atoms with E-state index >= 15 is 0 Å². The second-order valence-electron chi connectivity index (χ2n) is 11.3. The van der Waals surface area contributed by atoms with Crippen molar-refractivity contribution in [2.24, 2.45) is 11.8 Å². The van der Waals surface area contributed by atoms with Crippen molar-refractivity contribution in [2.75, 3.05) is 34.4 Å². The van der Waals surface area contributed by atoms with Crippen molar-refractivity contribution in [2.45, 2.75) is 89.8 Å². The van der Waals surface area contributed by atoms with Gasteiger partial charge in [0.05, 0.1) is 55.3 Å². The molecular formula is C31H50N4O7. The molecule has 1 saturated heterocycles. The Morgan fingerprint density at radius 3 is 2.38 bits per heavy atom. The molecule has 1 aliphatic heterocycles. The van der Waals surface area contributed by atoms with E-state index in [4.69, 9.17) is 9.47 Å². The van der Waals surface area contributed by atoms with Gasteiger partial charge in [0.15, 0.2) is 0 Å². The maximum absolute atomic E-state index is 13.7. The smallest absolute Gasteiger partial charge is 0.242 e. The lowest BCUT2D eigenvalue weighted by molar-refractivity contribution is -0.145. The van der Waals surface area contributed by atoms with Crippen molar-refractivity contribution in [3.63, 3.8) is 0 Å². The third-order valence-corrected chi connectivity index (χ3v) is 8.63. The fraction of sp³-hybridized carbons (Fsp3) is 0.677. The molecule has 0 aliphatic carbocycles. The van der Waals surface area contributed by atoms with E-state index in [2.05, 4.69) is 10.6 Å². The SMILES string of the molecule is CCC(C)C(C(CC(=O)N1CCC[C@H]1C(OC)C(C)C(=O)NC(C)C(O)c1ccccc1)OC)N(C)C(=O)CNC=O. The van der Waals surface area contributed by atoms with Crippen LogP contribution in [-0.4, -0.2) is 104 Å². The first-order valence-electron chi connectivity index (χ1n) is 14.8. The summed E-state index contributed by atoms with van der Waals surface area (Å²) in [5.41, 5.74) is 0.713. The summed E-state index contributed by atoms with van der Waals surface area (Å²) in [6, 6.07) is 7.94. The van der Waals surface area contributed by atoms with Crippen LogP contribution < -0.4 is 10.6 Å². The molecule has 1 aliphatic rings. The van der Waals surface area contributed by atoms with Gasteiger partial charge in [0.25, 0.3) is 0 Å². The third kappa shape index (κ3) is 8.99. The molecule has 1 aromatic carbocycles. The van der Waals surface area contributed by atoms with Crippen molar-refractivity contribution in [1.82, 2.24) is 20.4 Å². The minimum absolute atomic E-state index is 0.0333. The number of hydrogen-bond acceptors (Lipinski definition) is 7. The van der Waals surface area contributed by atoms with Gasteiger partial charge in [-0.25, -0.2) is 0 Å². The monoisotopic (exact) mass is 590 g/mol. The zero-order chi connectivity index (χ0) is 31.4. The van der Waals surface area contributed by atoms with E-state index in [0.29, 0.717) is 24.9 Å². The van der Waals surface area contributed by atoms with Crippen LogP contribution in [0.1, 0.15) is 65.0 Å². The van der Waals surface area contributed by atoms with E-state index in [1.165, 1.54) is 7.11 Å². The number of likely N-dealkylation sites (N-methyl/N-ethyl adjacent to an activating group) is 1. The quantitative estimate of drug-likeness (QED) is 0.236. The zero-order valence-corrected chi connectivity index (χ0v) is 26.1. The van der Waals surface area contributed by atoms with Crippen LogP contribution >= 0.6 is 0 Å². The number of nitrogens with one attached hydrogen (secondary N) is 2. The van der Waals surface area contributed by atoms with Gasteiger partial charge in [-0.15, -0.1) is 0 Å². The zero-order valence-electron chi connectivity index (χ0n) is 26.1. The largest absolute Gasteiger partial charge is 0.386 e. The number of benzene rings is 1. The number of carbonyl (C=O) groups is 4. The average molecular weight is 591 g/mol. The third-order valence-electron chi connectivity index (χ3n) is 8.63. The molecule has 11 nitrogen and oxygen atoms in total. The van der Waals surface area contributed by atoms with Crippen LogP contribution in [0, 0.1) is 11.8 Å². The van der Waals surface area contributed by atoms with Crippen LogP contribution in [-0.2, 0) is 28.7 Å². The summed E-state index contributed by atoms with van der Waals surface area (Å²) in [6.45, 7) is 7.95. The van der Waals surface area contributed by atoms with Gasteiger partial charge in [-0.05, 0) is 31.2 Å². The Morgan fingerprint density at radius 1 is 1.14 bits per heavy atom. The molecule has 42 heavy (non-hydrogen) atoms. The Balaban J connectivity index is 2.14. The highest BCUT2D eigenvalue weighted by atomic mass is 16.5.